The minimum atomic E-state index is -3.02. The lowest BCUT2D eigenvalue weighted by atomic mass is 10.0. The fourth-order valence-corrected chi connectivity index (χ4v) is 3.94. The Morgan fingerprint density at radius 2 is 2.05 bits per heavy atom. The van der Waals surface area contributed by atoms with E-state index in [0.717, 1.165) is 37.2 Å². The molecule has 1 aromatic rings. The Balaban J connectivity index is 1.75. The van der Waals surface area contributed by atoms with Gasteiger partial charge in [-0.15, -0.1) is 0 Å². The summed E-state index contributed by atoms with van der Waals surface area (Å²) in [5.41, 5.74) is 1.16. The molecule has 1 aromatic carbocycles. The van der Waals surface area contributed by atoms with E-state index in [0.29, 0.717) is 0 Å². The summed E-state index contributed by atoms with van der Waals surface area (Å²) < 4.78 is 29.6. The van der Waals surface area contributed by atoms with E-state index in [9.17, 15) is 8.42 Å². The fourth-order valence-electron chi connectivity index (χ4n) is 2.43. The zero-order chi connectivity index (χ0) is 14.4. The Bertz CT molecular complexity index is 504. The third kappa shape index (κ3) is 5.13. The molecule has 1 saturated heterocycles. The van der Waals surface area contributed by atoms with Crippen molar-refractivity contribution in [2.24, 2.45) is 5.92 Å². The van der Waals surface area contributed by atoms with Crippen molar-refractivity contribution >= 4 is 9.84 Å². The normalized spacial score (nSPS) is 19.8. The van der Waals surface area contributed by atoms with Crippen molar-refractivity contribution in [3.05, 3.63) is 29.8 Å². The first-order valence-electron chi connectivity index (χ1n) is 7.16. The molecule has 4 nitrogen and oxygen atoms in total. The van der Waals surface area contributed by atoms with Gasteiger partial charge in [0.1, 0.15) is 12.4 Å². The van der Waals surface area contributed by atoms with Gasteiger partial charge in [0, 0.05) is 0 Å². The van der Waals surface area contributed by atoms with Crippen molar-refractivity contribution in [3.63, 3.8) is 0 Å². The third-order valence-electron chi connectivity index (χ3n) is 3.57. The van der Waals surface area contributed by atoms with E-state index in [1.54, 1.807) is 0 Å². The Morgan fingerprint density at radius 3 is 2.70 bits per heavy atom. The average Bonchev–Trinajstić information content (AvgIpc) is 2.41. The molecule has 5 heteroatoms. The maximum atomic E-state index is 12.0. The molecule has 0 aliphatic carbocycles. The first kappa shape index (κ1) is 15.3. The highest BCUT2D eigenvalue weighted by atomic mass is 32.2. The largest absolute Gasteiger partial charge is 0.493 e. The van der Waals surface area contributed by atoms with Gasteiger partial charge in [-0.2, -0.15) is 0 Å². The van der Waals surface area contributed by atoms with Crippen LogP contribution < -0.4 is 10.1 Å². The Labute approximate surface area is 121 Å². The molecule has 1 unspecified atom stereocenters. The smallest absolute Gasteiger partial charge is 0.153 e. The van der Waals surface area contributed by atoms with Crippen molar-refractivity contribution in [2.75, 3.05) is 31.2 Å². The molecule has 1 fully saturated rings. The quantitative estimate of drug-likeness (QED) is 0.870. The predicted octanol–water partition coefficient (Wildman–Crippen LogP) is 1.79. The van der Waals surface area contributed by atoms with Crippen molar-refractivity contribution in [1.29, 1.82) is 0 Å². The zero-order valence-corrected chi connectivity index (χ0v) is 12.8. The van der Waals surface area contributed by atoms with Crippen molar-refractivity contribution in [3.8, 4) is 5.75 Å². The second kappa shape index (κ2) is 7.09. The number of hydrogen-bond donors (Lipinski definition) is 1. The summed E-state index contributed by atoms with van der Waals surface area (Å²) in [6, 6.07) is 7.65. The molecule has 0 spiro atoms. The molecule has 0 aromatic heterocycles. The number of aryl methyl sites for hydroxylation is 1. The lowest BCUT2D eigenvalue weighted by Crippen LogP contribution is -2.34. The zero-order valence-electron chi connectivity index (χ0n) is 12.0. The molecule has 1 heterocycles. The van der Waals surface area contributed by atoms with Gasteiger partial charge >= 0.3 is 0 Å². The number of nitrogens with one attached hydrogen (secondary N) is 1. The number of benzene rings is 1. The highest BCUT2D eigenvalue weighted by Crippen LogP contribution is 2.14. The lowest BCUT2D eigenvalue weighted by molar-refractivity contribution is 0.339. The van der Waals surface area contributed by atoms with Gasteiger partial charge in [0.05, 0.1) is 11.5 Å². The minimum absolute atomic E-state index is 0.0946. The van der Waals surface area contributed by atoms with Crippen LogP contribution in [0, 0.1) is 12.8 Å². The van der Waals surface area contributed by atoms with E-state index in [2.05, 4.69) is 5.32 Å². The average molecular weight is 297 g/mol. The third-order valence-corrected chi connectivity index (χ3v) is 5.34. The van der Waals surface area contributed by atoms with E-state index in [-0.39, 0.29) is 24.0 Å². The maximum absolute atomic E-state index is 12.0. The van der Waals surface area contributed by atoms with Crippen molar-refractivity contribution in [2.45, 2.75) is 19.8 Å². The predicted molar refractivity (Wildman–Crippen MR) is 80.9 cm³/mol. The minimum Gasteiger partial charge on any atom is -0.493 e. The summed E-state index contributed by atoms with van der Waals surface area (Å²) >= 11 is 0. The molecule has 112 valence electrons. The Hall–Kier alpha value is -1.07. The molecule has 0 amide bonds. The van der Waals surface area contributed by atoms with E-state index >= 15 is 0 Å². The van der Waals surface area contributed by atoms with Crippen LogP contribution in [0.1, 0.15) is 18.4 Å². The molecule has 1 atom stereocenters. The van der Waals surface area contributed by atoms with Gasteiger partial charge in [0.25, 0.3) is 0 Å². The fraction of sp³-hybridized carbons (Fsp3) is 0.600. The van der Waals surface area contributed by atoms with Crippen LogP contribution in [0.25, 0.3) is 0 Å². The van der Waals surface area contributed by atoms with Crippen LogP contribution in [0.4, 0.5) is 0 Å². The number of rotatable bonds is 6. The second-order valence-electron chi connectivity index (χ2n) is 5.49. The second-order valence-corrected chi connectivity index (χ2v) is 7.72. The van der Waals surface area contributed by atoms with E-state index in [1.165, 1.54) is 0 Å². The SMILES string of the molecule is Cc1ccc(OCCS(=O)(=O)CC2CCCNC2)cc1. The molecule has 0 bridgehead atoms. The summed E-state index contributed by atoms with van der Waals surface area (Å²) in [6.07, 6.45) is 2.07. The number of ether oxygens (including phenoxy) is 1. The van der Waals surface area contributed by atoms with Crippen LogP contribution in [0.2, 0.25) is 0 Å². The van der Waals surface area contributed by atoms with E-state index in [4.69, 9.17) is 4.74 Å². The standard InChI is InChI=1S/C15H23NO3S/c1-13-4-6-15(7-5-13)19-9-10-20(17,18)12-14-3-2-8-16-11-14/h4-7,14,16H,2-3,8-12H2,1H3. The first-order chi connectivity index (χ1) is 9.55. The highest BCUT2D eigenvalue weighted by molar-refractivity contribution is 7.91. The van der Waals surface area contributed by atoms with Crippen LogP contribution in [0.3, 0.4) is 0 Å². The van der Waals surface area contributed by atoms with Gasteiger partial charge in [-0.1, -0.05) is 17.7 Å². The molecular weight excluding hydrogens is 274 g/mol. The molecule has 0 radical (unpaired) electrons. The topological polar surface area (TPSA) is 55.4 Å². The van der Waals surface area contributed by atoms with Crippen molar-refractivity contribution in [1.82, 2.24) is 5.32 Å². The van der Waals surface area contributed by atoms with Crippen molar-refractivity contribution < 1.29 is 13.2 Å². The van der Waals surface area contributed by atoms with E-state index < -0.39 is 9.84 Å². The summed E-state index contributed by atoms with van der Waals surface area (Å²) in [5, 5.41) is 3.25. The number of sulfone groups is 1. The van der Waals surface area contributed by atoms with Gasteiger partial charge in [-0.3, -0.25) is 0 Å². The van der Waals surface area contributed by atoms with Gasteiger partial charge < -0.3 is 10.1 Å². The number of piperidine rings is 1. The van der Waals surface area contributed by atoms with Gasteiger partial charge in [-0.25, -0.2) is 8.42 Å². The van der Waals surface area contributed by atoms with Gasteiger partial charge in [0.2, 0.25) is 0 Å². The van der Waals surface area contributed by atoms with Gasteiger partial charge in [0.15, 0.2) is 9.84 Å². The van der Waals surface area contributed by atoms with Crippen LogP contribution in [0.15, 0.2) is 24.3 Å². The summed E-state index contributed by atoms with van der Waals surface area (Å²) in [7, 11) is -3.02. The van der Waals surface area contributed by atoms with E-state index in [1.807, 2.05) is 31.2 Å². The molecule has 0 saturated carbocycles. The summed E-state index contributed by atoms with van der Waals surface area (Å²) in [5.74, 6) is 1.35. The molecule has 20 heavy (non-hydrogen) atoms. The van der Waals surface area contributed by atoms with Crippen LogP contribution in [-0.2, 0) is 9.84 Å². The molecule has 1 N–H and O–H groups in total. The summed E-state index contributed by atoms with van der Waals surface area (Å²) in [6.45, 7) is 4.06. The maximum Gasteiger partial charge on any atom is 0.153 e. The number of hydrogen-bond acceptors (Lipinski definition) is 4. The Morgan fingerprint density at radius 1 is 1.30 bits per heavy atom. The van der Waals surface area contributed by atoms with Crippen LogP contribution >= 0.6 is 0 Å². The monoisotopic (exact) mass is 297 g/mol. The highest BCUT2D eigenvalue weighted by Gasteiger charge is 2.21. The van der Waals surface area contributed by atoms with Gasteiger partial charge in [-0.05, 0) is 50.9 Å². The Kier molecular flexibility index (Phi) is 5.43. The molecular formula is C15H23NO3S. The lowest BCUT2D eigenvalue weighted by Gasteiger charge is -2.22. The molecule has 2 rings (SSSR count). The molecule has 1 aliphatic rings. The van der Waals surface area contributed by atoms with Crippen LogP contribution in [0.5, 0.6) is 5.75 Å². The van der Waals surface area contributed by atoms with Crippen LogP contribution in [-0.4, -0.2) is 39.6 Å². The molecule has 1 aliphatic heterocycles. The first-order valence-corrected chi connectivity index (χ1v) is 8.98. The summed E-state index contributed by atoms with van der Waals surface area (Å²) in [4.78, 5) is 0.